The minimum absolute atomic E-state index is 0.00125. The lowest BCUT2D eigenvalue weighted by Crippen LogP contribution is -2.25. The molecule has 0 spiro atoms. The fraction of sp³-hybridized carbons (Fsp3) is 0.294. The molecule has 0 aromatic heterocycles. The van der Waals surface area contributed by atoms with Crippen LogP contribution in [0.2, 0.25) is 0 Å². The van der Waals surface area contributed by atoms with Crippen LogP contribution in [-0.2, 0) is 35.5 Å². The zero-order valence-electron chi connectivity index (χ0n) is 24.1. The topological polar surface area (TPSA) is 180 Å². The van der Waals surface area contributed by atoms with Gasteiger partial charge in [0.1, 0.15) is 11.5 Å². The highest BCUT2D eigenvalue weighted by Crippen LogP contribution is 2.37. The minimum Gasteiger partial charge on any atom is -0.508 e. The van der Waals surface area contributed by atoms with Gasteiger partial charge in [-0.2, -0.15) is 0 Å². The van der Waals surface area contributed by atoms with Gasteiger partial charge in [-0.1, -0.05) is 24.3 Å². The number of hydrogen-bond donors (Lipinski definition) is 8. The molecule has 0 aliphatic rings. The van der Waals surface area contributed by atoms with Gasteiger partial charge < -0.3 is 50.3 Å². The summed E-state index contributed by atoms with van der Waals surface area (Å²) in [4.78, 5) is 0. The van der Waals surface area contributed by atoms with Crippen molar-refractivity contribution in [2.75, 3.05) is 13.2 Å². The summed E-state index contributed by atoms with van der Waals surface area (Å²) in [6.07, 6.45) is 2.76. The summed E-state index contributed by atoms with van der Waals surface area (Å²) in [5, 5.41) is 78.1. The number of phenolic OH excluding ortho intramolecular Hbond substituents is 8. The molecule has 0 saturated carbocycles. The minimum atomic E-state index is -0.589. The normalized spacial score (nSPS) is 12.6. The average Bonchev–Trinajstić information content (AvgIpc) is 2.99. The Bertz CT molecular complexity index is 1460. The van der Waals surface area contributed by atoms with Gasteiger partial charge in [-0.25, -0.2) is 0 Å². The second-order valence-electron chi connectivity index (χ2n) is 10.9. The van der Waals surface area contributed by atoms with Gasteiger partial charge in [-0.3, -0.25) is 0 Å². The predicted molar refractivity (Wildman–Crippen MR) is 162 cm³/mol. The van der Waals surface area contributed by atoms with Gasteiger partial charge in [-0.05, 0) is 108 Å². The van der Waals surface area contributed by atoms with Gasteiger partial charge in [0.25, 0.3) is 0 Å². The number of benzene rings is 4. The van der Waals surface area contributed by atoms with Crippen molar-refractivity contribution in [1.29, 1.82) is 0 Å². The van der Waals surface area contributed by atoms with E-state index in [2.05, 4.69) is 0 Å². The Morgan fingerprint density at radius 1 is 0.477 bits per heavy atom. The van der Waals surface area contributed by atoms with Crippen LogP contribution in [0.5, 0.6) is 46.0 Å². The van der Waals surface area contributed by atoms with Crippen molar-refractivity contribution in [1.82, 2.24) is 0 Å². The summed E-state index contributed by atoms with van der Waals surface area (Å²) in [5.74, 6) is -2.45. The fourth-order valence-electron chi connectivity index (χ4n) is 5.19. The van der Waals surface area contributed by atoms with E-state index < -0.39 is 34.5 Å². The van der Waals surface area contributed by atoms with E-state index in [4.69, 9.17) is 9.47 Å². The zero-order valence-corrected chi connectivity index (χ0v) is 24.1. The van der Waals surface area contributed by atoms with Crippen LogP contribution < -0.4 is 0 Å². The van der Waals surface area contributed by atoms with Crippen LogP contribution in [-0.4, -0.2) is 54.1 Å². The first kappa shape index (κ1) is 32.1. The second kappa shape index (κ2) is 15.1. The van der Waals surface area contributed by atoms with Gasteiger partial charge in [0, 0.05) is 6.61 Å². The smallest absolute Gasteiger partial charge is 0.200 e. The molecule has 10 nitrogen and oxygen atoms in total. The molecule has 0 saturated heterocycles. The first-order chi connectivity index (χ1) is 21.1. The van der Waals surface area contributed by atoms with Crippen LogP contribution in [0.3, 0.4) is 0 Å². The molecule has 4 aromatic rings. The summed E-state index contributed by atoms with van der Waals surface area (Å²) < 4.78 is 11.9. The molecule has 0 radical (unpaired) electrons. The summed E-state index contributed by atoms with van der Waals surface area (Å²) in [7, 11) is 0. The molecule has 0 fully saturated rings. The van der Waals surface area contributed by atoms with E-state index in [1.54, 1.807) is 24.3 Å². The average molecular weight is 607 g/mol. The Balaban J connectivity index is 1.47. The number of ether oxygens (including phenoxy) is 2. The lowest BCUT2D eigenvalue weighted by molar-refractivity contribution is 0.0578. The third-order valence-electron chi connectivity index (χ3n) is 7.53. The molecule has 8 N–H and O–H groups in total. The number of rotatable bonds is 15. The third kappa shape index (κ3) is 9.10. The van der Waals surface area contributed by atoms with Crippen LogP contribution >= 0.6 is 0 Å². The number of aromatic hydroxyl groups is 8. The van der Waals surface area contributed by atoms with Crippen molar-refractivity contribution >= 4 is 0 Å². The maximum Gasteiger partial charge on any atom is 0.200 e. The van der Waals surface area contributed by atoms with E-state index in [-0.39, 0.29) is 36.5 Å². The molecule has 0 aliphatic carbocycles. The highest BCUT2D eigenvalue weighted by atomic mass is 16.5. The molecular weight excluding hydrogens is 568 g/mol. The molecule has 2 atom stereocenters. The largest absolute Gasteiger partial charge is 0.508 e. The Kier molecular flexibility index (Phi) is 11.0. The van der Waals surface area contributed by atoms with Gasteiger partial charge in [0.15, 0.2) is 34.5 Å². The first-order valence-electron chi connectivity index (χ1n) is 14.3. The predicted octanol–water partition coefficient (Wildman–Crippen LogP) is 5.56. The van der Waals surface area contributed by atoms with Gasteiger partial charge in [0.2, 0.25) is 0 Å². The Morgan fingerprint density at radius 2 is 0.886 bits per heavy atom. The van der Waals surface area contributed by atoms with Crippen molar-refractivity contribution in [2.45, 2.75) is 38.9 Å². The van der Waals surface area contributed by atoms with E-state index in [1.807, 2.05) is 24.3 Å². The van der Waals surface area contributed by atoms with Crippen LogP contribution in [0.25, 0.3) is 0 Å². The van der Waals surface area contributed by atoms with Crippen molar-refractivity contribution in [3.8, 4) is 46.0 Å². The maximum atomic E-state index is 9.88. The standard InChI is InChI=1S/C34H38O10/c35-27-7-3-21(4-8-27)12-25(2-1-11-43-18-23-14-29(37)33(41)30(38)15-23)26(13-22-5-9-28(36)10-6-22)20-44-19-24-16-31(39)34(42)32(40)17-24/h3-10,14-17,25-26,35-42H,1-2,11-13,18-20H2/t25-,26+/m1/s1. The van der Waals surface area contributed by atoms with Crippen LogP contribution in [0, 0.1) is 11.8 Å². The fourth-order valence-corrected chi connectivity index (χ4v) is 5.19. The molecule has 0 aliphatic heterocycles. The molecular formula is C34H38O10. The number of phenols is 8. The lowest BCUT2D eigenvalue weighted by Gasteiger charge is -2.28. The van der Waals surface area contributed by atoms with Crippen molar-refractivity contribution in [2.24, 2.45) is 11.8 Å². The molecule has 4 aromatic carbocycles. The van der Waals surface area contributed by atoms with Crippen LogP contribution in [0.1, 0.15) is 35.1 Å². The summed E-state index contributed by atoms with van der Waals surface area (Å²) in [5.41, 5.74) is 3.06. The molecule has 10 heteroatoms. The van der Waals surface area contributed by atoms with E-state index in [0.717, 1.165) is 17.5 Å². The van der Waals surface area contributed by atoms with Crippen LogP contribution in [0.15, 0.2) is 72.8 Å². The molecule has 0 heterocycles. The van der Waals surface area contributed by atoms with Gasteiger partial charge >= 0.3 is 0 Å². The molecule has 0 unspecified atom stereocenters. The van der Waals surface area contributed by atoms with Crippen molar-refractivity contribution in [3.63, 3.8) is 0 Å². The second-order valence-corrected chi connectivity index (χ2v) is 10.9. The molecule has 44 heavy (non-hydrogen) atoms. The van der Waals surface area contributed by atoms with Gasteiger partial charge in [-0.15, -0.1) is 0 Å². The Labute approximate surface area is 255 Å². The molecule has 4 rings (SSSR count). The Hall–Kier alpha value is -4.80. The van der Waals surface area contributed by atoms with E-state index in [9.17, 15) is 40.9 Å². The highest BCUT2D eigenvalue weighted by molar-refractivity contribution is 5.51. The first-order valence-corrected chi connectivity index (χ1v) is 14.3. The van der Waals surface area contributed by atoms with Crippen molar-refractivity contribution < 1.29 is 50.3 Å². The SMILES string of the molecule is Oc1ccc(C[C@@H](CCCOCc2cc(O)c(O)c(O)c2)[C@H](COCc2cc(O)c(O)c(O)c2)Cc2ccc(O)cc2)cc1. The Morgan fingerprint density at radius 3 is 1.34 bits per heavy atom. The summed E-state index contributed by atoms with van der Waals surface area (Å²) in [6.45, 7) is 0.956. The van der Waals surface area contributed by atoms with Crippen LogP contribution in [0.4, 0.5) is 0 Å². The van der Waals surface area contributed by atoms with E-state index >= 15 is 0 Å². The van der Waals surface area contributed by atoms with Crippen molar-refractivity contribution in [3.05, 3.63) is 95.1 Å². The summed E-state index contributed by atoms with van der Waals surface area (Å²) in [6, 6.07) is 19.4. The lowest BCUT2D eigenvalue weighted by atomic mass is 9.80. The third-order valence-corrected chi connectivity index (χ3v) is 7.53. The molecule has 234 valence electrons. The van der Waals surface area contributed by atoms with E-state index in [0.29, 0.717) is 43.6 Å². The number of hydrogen-bond acceptors (Lipinski definition) is 10. The quantitative estimate of drug-likeness (QED) is 0.0630. The van der Waals surface area contributed by atoms with Gasteiger partial charge in [0.05, 0.1) is 19.8 Å². The zero-order chi connectivity index (χ0) is 31.6. The maximum absolute atomic E-state index is 9.88. The molecule has 0 amide bonds. The molecule has 0 bridgehead atoms. The highest BCUT2D eigenvalue weighted by Gasteiger charge is 2.23. The monoisotopic (exact) mass is 606 g/mol. The van der Waals surface area contributed by atoms with E-state index in [1.165, 1.54) is 24.3 Å². The summed E-state index contributed by atoms with van der Waals surface area (Å²) >= 11 is 0.